The van der Waals surface area contributed by atoms with Gasteiger partial charge >= 0.3 is 0 Å². The molecule has 0 spiro atoms. The third kappa shape index (κ3) is 5.88. The van der Waals surface area contributed by atoms with E-state index in [1.807, 2.05) is 51.1 Å². The number of furan rings is 1. The lowest BCUT2D eigenvalue weighted by Crippen LogP contribution is -2.33. The Morgan fingerprint density at radius 2 is 1.97 bits per heavy atom. The number of hydrogen-bond acceptors (Lipinski definition) is 5. The van der Waals surface area contributed by atoms with Crippen LogP contribution in [0.1, 0.15) is 47.9 Å². The van der Waals surface area contributed by atoms with Crippen LogP contribution in [0.3, 0.4) is 0 Å². The number of amides is 1. The highest BCUT2D eigenvalue weighted by Crippen LogP contribution is 2.25. The highest BCUT2D eigenvalue weighted by Gasteiger charge is 2.22. The molecule has 1 N–H and O–H groups in total. The summed E-state index contributed by atoms with van der Waals surface area (Å²) in [7, 11) is 1.72. The van der Waals surface area contributed by atoms with E-state index in [-0.39, 0.29) is 16.7 Å². The Balaban J connectivity index is 1.77. The monoisotopic (exact) mass is 439 g/mol. The lowest BCUT2D eigenvalue weighted by atomic mass is 10.0. The van der Waals surface area contributed by atoms with Crippen molar-refractivity contribution in [3.63, 3.8) is 0 Å². The second kappa shape index (κ2) is 10.5. The van der Waals surface area contributed by atoms with Crippen LogP contribution in [-0.4, -0.2) is 20.7 Å². The van der Waals surface area contributed by atoms with Crippen LogP contribution in [0.25, 0.3) is 0 Å². The van der Waals surface area contributed by atoms with Crippen LogP contribution in [0.5, 0.6) is 0 Å². The third-order valence-electron chi connectivity index (χ3n) is 5.16. The van der Waals surface area contributed by atoms with Gasteiger partial charge in [0.1, 0.15) is 5.76 Å². The van der Waals surface area contributed by atoms with Gasteiger partial charge in [-0.25, -0.2) is 4.98 Å². The van der Waals surface area contributed by atoms with Crippen LogP contribution in [0, 0.1) is 13.8 Å². The van der Waals surface area contributed by atoms with Crippen molar-refractivity contribution in [2.24, 2.45) is 7.05 Å². The largest absolute Gasteiger partial charge is 0.467 e. The molecule has 0 aliphatic rings. The van der Waals surface area contributed by atoms with Gasteiger partial charge in [-0.05, 0) is 38.0 Å². The van der Waals surface area contributed by atoms with E-state index in [4.69, 9.17) is 4.42 Å². The van der Waals surface area contributed by atoms with Crippen LogP contribution in [0.15, 0.2) is 57.0 Å². The number of thioether (sulfide) groups is 1. The average Bonchev–Trinajstić information content (AvgIpc) is 3.28. The first-order valence-electron chi connectivity index (χ1n) is 10.5. The minimum Gasteiger partial charge on any atom is -0.467 e. The first-order chi connectivity index (χ1) is 14.9. The van der Waals surface area contributed by atoms with Gasteiger partial charge in [0.25, 0.3) is 5.56 Å². The zero-order chi connectivity index (χ0) is 22.4. The second-order valence-electron chi connectivity index (χ2n) is 7.68. The molecular weight excluding hydrogens is 410 g/mol. The Morgan fingerprint density at radius 1 is 1.23 bits per heavy atom. The van der Waals surface area contributed by atoms with E-state index in [9.17, 15) is 9.59 Å². The minimum absolute atomic E-state index is 0.0678. The lowest BCUT2D eigenvalue weighted by molar-refractivity contribution is -0.120. The Labute approximate surface area is 187 Å². The summed E-state index contributed by atoms with van der Waals surface area (Å²) in [4.78, 5) is 30.5. The Kier molecular flexibility index (Phi) is 7.74. The molecule has 7 heteroatoms. The van der Waals surface area contributed by atoms with Gasteiger partial charge in [0.15, 0.2) is 5.16 Å². The van der Waals surface area contributed by atoms with Crippen LogP contribution >= 0.6 is 11.8 Å². The smallest absolute Gasteiger partial charge is 0.257 e. The van der Waals surface area contributed by atoms with Crippen LogP contribution < -0.4 is 10.9 Å². The lowest BCUT2D eigenvalue weighted by Gasteiger charge is -2.18. The molecule has 2 aromatic heterocycles. The van der Waals surface area contributed by atoms with Gasteiger partial charge in [-0.15, -0.1) is 0 Å². The number of carbonyl (C=O) groups excluding carboxylic acids is 1. The summed E-state index contributed by atoms with van der Waals surface area (Å²) in [5, 5.41) is 3.14. The number of aromatic nitrogens is 2. The molecule has 0 radical (unpaired) electrons. The predicted octanol–water partition coefficient (Wildman–Crippen LogP) is 4.16. The van der Waals surface area contributed by atoms with Crippen molar-refractivity contribution in [1.29, 1.82) is 0 Å². The molecule has 2 heterocycles. The Morgan fingerprint density at radius 3 is 2.61 bits per heavy atom. The second-order valence-corrected chi connectivity index (χ2v) is 8.85. The van der Waals surface area contributed by atoms with Crippen molar-refractivity contribution in [2.45, 2.75) is 57.0 Å². The normalized spacial score (nSPS) is 12.0. The fourth-order valence-electron chi connectivity index (χ4n) is 3.28. The van der Waals surface area contributed by atoms with E-state index >= 15 is 0 Å². The summed E-state index contributed by atoms with van der Waals surface area (Å²) in [6.45, 7) is 6.28. The van der Waals surface area contributed by atoms with Gasteiger partial charge in [-0.3, -0.25) is 14.2 Å². The molecule has 1 atom stereocenters. The van der Waals surface area contributed by atoms with E-state index in [2.05, 4.69) is 10.3 Å². The zero-order valence-electron chi connectivity index (χ0n) is 18.5. The highest BCUT2D eigenvalue weighted by atomic mass is 32.2. The molecule has 31 heavy (non-hydrogen) atoms. The van der Waals surface area contributed by atoms with Gasteiger partial charge < -0.3 is 9.73 Å². The van der Waals surface area contributed by atoms with Crippen LogP contribution in [-0.2, 0) is 24.8 Å². The minimum atomic E-state index is -0.333. The highest BCUT2D eigenvalue weighted by molar-refractivity contribution is 8.00. The SMILES string of the molecule is CCCC(Sc1nc(C)c(Cc2ccc(C)cc2)c(=O)n1C)C(=O)NCc1ccco1. The first-order valence-corrected chi connectivity index (χ1v) is 11.4. The summed E-state index contributed by atoms with van der Waals surface area (Å²) in [5.41, 5.74) is 3.59. The fraction of sp³-hybridized carbons (Fsp3) is 0.375. The van der Waals surface area contributed by atoms with Gasteiger partial charge in [0.05, 0.1) is 18.1 Å². The molecule has 1 unspecified atom stereocenters. The molecule has 3 aromatic rings. The number of nitrogens with one attached hydrogen (secondary N) is 1. The summed E-state index contributed by atoms with van der Waals surface area (Å²) in [6, 6.07) is 11.8. The number of rotatable bonds is 9. The van der Waals surface area contributed by atoms with E-state index in [0.717, 1.165) is 12.0 Å². The number of benzene rings is 1. The summed E-state index contributed by atoms with van der Waals surface area (Å²) in [6.07, 6.45) is 3.66. The summed E-state index contributed by atoms with van der Waals surface area (Å²) < 4.78 is 6.84. The van der Waals surface area contributed by atoms with Crippen LogP contribution in [0.4, 0.5) is 0 Å². The molecule has 0 saturated carbocycles. The molecule has 1 amide bonds. The molecule has 0 aliphatic carbocycles. The van der Waals surface area contributed by atoms with Crippen LogP contribution in [0.2, 0.25) is 0 Å². The number of aryl methyl sites for hydroxylation is 2. The van der Waals surface area contributed by atoms with Crippen molar-refractivity contribution < 1.29 is 9.21 Å². The average molecular weight is 440 g/mol. The van der Waals surface area contributed by atoms with Gasteiger partial charge in [0.2, 0.25) is 5.91 Å². The number of hydrogen-bond donors (Lipinski definition) is 1. The summed E-state index contributed by atoms with van der Waals surface area (Å²) in [5.74, 6) is 0.620. The van der Waals surface area contributed by atoms with Crippen molar-refractivity contribution in [2.75, 3.05) is 0 Å². The Hall–Kier alpha value is -2.80. The quantitative estimate of drug-likeness (QED) is 0.400. The molecule has 164 valence electrons. The molecule has 6 nitrogen and oxygen atoms in total. The fourth-order valence-corrected chi connectivity index (χ4v) is 4.51. The van der Waals surface area contributed by atoms with Crippen molar-refractivity contribution in [3.8, 4) is 0 Å². The van der Waals surface area contributed by atoms with E-state index in [1.165, 1.54) is 17.3 Å². The molecule has 0 fully saturated rings. The van der Waals surface area contributed by atoms with Gasteiger partial charge in [0, 0.05) is 24.7 Å². The van der Waals surface area contributed by atoms with Gasteiger partial charge in [-0.1, -0.05) is 54.9 Å². The molecule has 3 rings (SSSR count). The molecule has 0 bridgehead atoms. The number of carbonyl (C=O) groups is 1. The Bertz CT molecular complexity index is 1070. The molecular formula is C24H29N3O3S. The topological polar surface area (TPSA) is 77.1 Å². The maximum Gasteiger partial charge on any atom is 0.257 e. The number of nitrogens with zero attached hydrogens (tertiary/aromatic N) is 2. The van der Waals surface area contributed by atoms with E-state index < -0.39 is 0 Å². The molecule has 1 aromatic carbocycles. The first kappa shape index (κ1) is 22.9. The standard InChI is InChI=1S/C24H29N3O3S/c1-5-7-21(22(28)25-15-19-8-6-13-30-19)31-24-26-17(3)20(23(29)27(24)4)14-18-11-9-16(2)10-12-18/h6,8-13,21H,5,7,14-15H2,1-4H3,(H,25,28). The van der Waals surface area contributed by atoms with Crippen molar-refractivity contribution in [1.82, 2.24) is 14.9 Å². The van der Waals surface area contributed by atoms with Crippen molar-refractivity contribution >= 4 is 17.7 Å². The van der Waals surface area contributed by atoms with Crippen molar-refractivity contribution in [3.05, 3.63) is 81.2 Å². The van der Waals surface area contributed by atoms with Gasteiger partial charge in [-0.2, -0.15) is 0 Å². The third-order valence-corrected chi connectivity index (χ3v) is 6.47. The van der Waals surface area contributed by atoms with E-state index in [1.54, 1.807) is 23.9 Å². The van der Waals surface area contributed by atoms with E-state index in [0.29, 0.717) is 41.6 Å². The maximum absolute atomic E-state index is 13.1. The molecule has 0 aliphatic heterocycles. The summed E-state index contributed by atoms with van der Waals surface area (Å²) >= 11 is 1.34. The molecule has 0 saturated heterocycles. The maximum atomic E-state index is 13.1. The zero-order valence-corrected chi connectivity index (χ0v) is 19.3. The predicted molar refractivity (Wildman–Crippen MR) is 123 cm³/mol.